The van der Waals surface area contributed by atoms with Crippen molar-refractivity contribution in [3.63, 3.8) is 0 Å². The first-order valence-electron chi connectivity index (χ1n) is 9.42. The molecule has 1 aromatic carbocycles. The minimum atomic E-state index is -0.00379. The molecule has 1 aliphatic heterocycles. The van der Waals surface area contributed by atoms with Crippen LogP contribution >= 0.6 is 12.4 Å². The molecule has 1 saturated heterocycles. The van der Waals surface area contributed by atoms with Gasteiger partial charge in [0.25, 0.3) is 5.91 Å². The molecule has 1 aliphatic carbocycles. The van der Waals surface area contributed by atoms with E-state index < -0.39 is 0 Å². The number of nitrogens with one attached hydrogen (secondary N) is 2. The fourth-order valence-corrected chi connectivity index (χ4v) is 3.90. The maximum absolute atomic E-state index is 12.9. The van der Waals surface area contributed by atoms with E-state index in [0.717, 1.165) is 56.4 Å². The molecule has 0 unspecified atom stereocenters. The van der Waals surface area contributed by atoms with Crippen LogP contribution in [0.1, 0.15) is 53.0 Å². The summed E-state index contributed by atoms with van der Waals surface area (Å²) in [7, 11) is 0. The standard InChI is InChI=1S/C20H26N4O.ClH/c1-14-6-8-16(9-7-14)24-18-5-3-2-4-17(18)19(23-24)20(25)22-15-10-12-21-13-11-15;/h6-9,15,21H,2-5,10-13H2,1H3,(H,22,25);1H. The zero-order valence-electron chi connectivity index (χ0n) is 15.3. The van der Waals surface area contributed by atoms with E-state index in [4.69, 9.17) is 5.10 Å². The first kappa shape index (κ1) is 18.9. The molecule has 1 fully saturated rings. The molecule has 2 aromatic rings. The molecule has 140 valence electrons. The van der Waals surface area contributed by atoms with Crippen LogP contribution in [0.2, 0.25) is 0 Å². The van der Waals surface area contributed by atoms with Gasteiger partial charge in [0.1, 0.15) is 0 Å². The predicted molar refractivity (Wildman–Crippen MR) is 106 cm³/mol. The number of halogens is 1. The highest BCUT2D eigenvalue weighted by Crippen LogP contribution is 2.27. The van der Waals surface area contributed by atoms with Gasteiger partial charge in [0, 0.05) is 17.3 Å². The van der Waals surface area contributed by atoms with Gasteiger partial charge in [0.2, 0.25) is 0 Å². The number of hydrogen-bond donors (Lipinski definition) is 2. The van der Waals surface area contributed by atoms with Crippen molar-refractivity contribution in [1.29, 1.82) is 0 Å². The Morgan fingerprint density at radius 2 is 1.85 bits per heavy atom. The molecule has 0 bridgehead atoms. The lowest BCUT2D eigenvalue weighted by Gasteiger charge is -2.23. The fourth-order valence-electron chi connectivity index (χ4n) is 3.90. The Morgan fingerprint density at radius 3 is 2.58 bits per heavy atom. The summed E-state index contributed by atoms with van der Waals surface area (Å²) in [4.78, 5) is 12.9. The molecule has 1 aromatic heterocycles. The van der Waals surface area contributed by atoms with Crippen LogP contribution in [0.5, 0.6) is 0 Å². The topological polar surface area (TPSA) is 59.0 Å². The lowest BCUT2D eigenvalue weighted by Crippen LogP contribution is -2.43. The second-order valence-corrected chi connectivity index (χ2v) is 7.23. The van der Waals surface area contributed by atoms with Crippen molar-refractivity contribution < 1.29 is 4.79 Å². The van der Waals surface area contributed by atoms with Crippen molar-refractivity contribution in [2.75, 3.05) is 13.1 Å². The number of amides is 1. The molecular formula is C20H27ClN4O. The number of hydrogen-bond acceptors (Lipinski definition) is 3. The van der Waals surface area contributed by atoms with Gasteiger partial charge in [0.05, 0.1) is 5.69 Å². The Bertz CT molecular complexity index is 763. The number of aryl methyl sites for hydroxylation is 1. The molecule has 0 saturated carbocycles. The van der Waals surface area contributed by atoms with Gasteiger partial charge in [-0.3, -0.25) is 4.79 Å². The van der Waals surface area contributed by atoms with Crippen molar-refractivity contribution in [3.8, 4) is 5.69 Å². The number of piperidine rings is 1. The molecule has 0 spiro atoms. The molecule has 2 heterocycles. The third kappa shape index (κ3) is 3.79. The largest absolute Gasteiger partial charge is 0.348 e. The molecular weight excluding hydrogens is 348 g/mol. The van der Waals surface area contributed by atoms with Gasteiger partial charge < -0.3 is 10.6 Å². The van der Waals surface area contributed by atoms with E-state index in [-0.39, 0.29) is 24.4 Å². The van der Waals surface area contributed by atoms with E-state index >= 15 is 0 Å². The number of carbonyl (C=O) groups excluding carboxylic acids is 1. The lowest BCUT2D eigenvalue weighted by molar-refractivity contribution is 0.0923. The lowest BCUT2D eigenvalue weighted by atomic mass is 9.95. The summed E-state index contributed by atoms with van der Waals surface area (Å²) in [6.45, 7) is 4.03. The maximum Gasteiger partial charge on any atom is 0.272 e. The number of rotatable bonds is 3. The highest BCUT2D eigenvalue weighted by Gasteiger charge is 2.27. The minimum Gasteiger partial charge on any atom is -0.348 e. The molecule has 2 aliphatic rings. The summed E-state index contributed by atoms with van der Waals surface area (Å²) in [6.07, 6.45) is 6.24. The Morgan fingerprint density at radius 1 is 1.15 bits per heavy atom. The van der Waals surface area contributed by atoms with Gasteiger partial charge in [0.15, 0.2) is 5.69 Å². The average molecular weight is 375 g/mol. The summed E-state index contributed by atoms with van der Waals surface area (Å²) >= 11 is 0. The summed E-state index contributed by atoms with van der Waals surface area (Å²) in [5.74, 6) is -0.00379. The van der Waals surface area contributed by atoms with Crippen LogP contribution in [0.15, 0.2) is 24.3 Å². The van der Waals surface area contributed by atoms with Crippen molar-refractivity contribution in [2.45, 2.75) is 51.5 Å². The van der Waals surface area contributed by atoms with Crippen LogP contribution in [0.25, 0.3) is 5.69 Å². The smallest absolute Gasteiger partial charge is 0.272 e. The van der Waals surface area contributed by atoms with E-state index in [0.29, 0.717) is 5.69 Å². The first-order valence-corrected chi connectivity index (χ1v) is 9.42. The van der Waals surface area contributed by atoms with Crippen molar-refractivity contribution >= 4 is 18.3 Å². The molecule has 4 rings (SSSR count). The number of nitrogens with zero attached hydrogens (tertiary/aromatic N) is 2. The fraction of sp³-hybridized carbons (Fsp3) is 0.500. The molecule has 26 heavy (non-hydrogen) atoms. The van der Waals surface area contributed by atoms with Crippen LogP contribution in [-0.2, 0) is 12.8 Å². The van der Waals surface area contributed by atoms with E-state index in [1.165, 1.54) is 17.7 Å². The van der Waals surface area contributed by atoms with Gasteiger partial charge >= 0.3 is 0 Å². The van der Waals surface area contributed by atoms with E-state index in [9.17, 15) is 4.79 Å². The van der Waals surface area contributed by atoms with Crippen LogP contribution in [-0.4, -0.2) is 34.8 Å². The third-order valence-corrected chi connectivity index (χ3v) is 5.35. The van der Waals surface area contributed by atoms with Crippen LogP contribution in [0.3, 0.4) is 0 Å². The van der Waals surface area contributed by atoms with Crippen molar-refractivity contribution in [3.05, 3.63) is 46.8 Å². The Labute approximate surface area is 161 Å². The molecule has 5 nitrogen and oxygen atoms in total. The average Bonchev–Trinajstić information content (AvgIpc) is 3.03. The van der Waals surface area contributed by atoms with Gasteiger partial charge in [-0.2, -0.15) is 5.10 Å². The molecule has 1 amide bonds. The molecule has 0 radical (unpaired) electrons. The van der Waals surface area contributed by atoms with Crippen LogP contribution in [0.4, 0.5) is 0 Å². The summed E-state index contributed by atoms with van der Waals surface area (Å²) in [5.41, 5.74) is 5.27. The van der Waals surface area contributed by atoms with E-state index in [1.54, 1.807) is 0 Å². The van der Waals surface area contributed by atoms with Crippen LogP contribution < -0.4 is 10.6 Å². The Hall–Kier alpha value is -1.85. The summed E-state index contributed by atoms with van der Waals surface area (Å²) < 4.78 is 1.99. The minimum absolute atomic E-state index is 0. The van der Waals surface area contributed by atoms with Gasteiger partial charge in [-0.15, -0.1) is 12.4 Å². The molecule has 6 heteroatoms. The van der Waals surface area contributed by atoms with Crippen LogP contribution in [0, 0.1) is 6.92 Å². The quantitative estimate of drug-likeness (QED) is 0.868. The highest BCUT2D eigenvalue weighted by molar-refractivity contribution is 5.94. The number of benzene rings is 1. The first-order chi connectivity index (χ1) is 12.2. The molecule has 0 atom stereocenters. The zero-order chi connectivity index (χ0) is 17.2. The zero-order valence-corrected chi connectivity index (χ0v) is 16.1. The summed E-state index contributed by atoms with van der Waals surface area (Å²) in [5, 5.41) is 11.3. The second kappa shape index (κ2) is 8.23. The van der Waals surface area contributed by atoms with E-state index in [2.05, 4.69) is 41.8 Å². The monoisotopic (exact) mass is 374 g/mol. The Kier molecular flexibility index (Phi) is 5.99. The SMILES string of the molecule is Cc1ccc(-n2nc(C(=O)NC3CCNCC3)c3c2CCCC3)cc1.Cl. The van der Waals surface area contributed by atoms with Crippen molar-refractivity contribution in [1.82, 2.24) is 20.4 Å². The Balaban J connectivity index is 0.00000196. The predicted octanol–water partition coefficient (Wildman–Crippen LogP) is 2.96. The van der Waals surface area contributed by atoms with Gasteiger partial charge in [-0.05, 0) is 70.7 Å². The third-order valence-electron chi connectivity index (χ3n) is 5.35. The van der Waals surface area contributed by atoms with Gasteiger partial charge in [-0.1, -0.05) is 17.7 Å². The number of aromatic nitrogens is 2. The summed E-state index contributed by atoms with van der Waals surface area (Å²) in [6, 6.07) is 8.64. The number of carbonyl (C=O) groups is 1. The highest BCUT2D eigenvalue weighted by atomic mass is 35.5. The normalized spacial score (nSPS) is 17.3. The number of fused-ring (bicyclic) bond motifs is 1. The molecule has 2 N–H and O–H groups in total. The second-order valence-electron chi connectivity index (χ2n) is 7.23. The van der Waals surface area contributed by atoms with Crippen molar-refractivity contribution in [2.24, 2.45) is 0 Å². The van der Waals surface area contributed by atoms with Gasteiger partial charge in [-0.25, -0.2) is 4.68 Å². The maximum atomic E-state index is 12.9. The van der Waals surface area contributed by atoms with E-state index in [1.807, 2.05) is 4.68 Å².